The first kappa shape index (κ1) is 10.1. The molecule has 0 aromatic carbocycles. The molecule has 0 spiro atoms. The molecule has 0 radical (unpaired) electrons. The average molecular weight is 190 g/mol. The summed E-state index contributed by atoms with van der Waals surface area (Å²) in [5.74, 6) is 0.538. The molecule has 1 aliphatic heterocycles. The summed E-state index contributed by atoms with van der Waals surface area (Å²) in [6, 6.07) is 0. The molecule has 0 aromatic rings. The molecule has 12 heavy (non-hydrogen) atoms. The maximum Gasteiger partial charge on any atom is 0.332 e. The van der Waals surface area contributed by atoms with Crippen molar-refractivity contribution in [3.8, 4) is 0 Å². The van der Waals surface area contributed by atoms with Gasteiger partial charge in [-0.2, -0.15) is 0 Å². The highest BCUT2D eigenvalue weighted by Crippen LogP contribution is 2.43. The summed E-state index contributed by atoms with van der Waals surface area (Å²) in [5.41, 5.74) is 0. The van der Waals surface area contributed by atoms with Crippen molar-refractivity contribution in [1.82, 2.24) is 0 Å². The zero-order valence-electron chi connectivity index (χ0n) is 7.36. The molecule has 0 aliphatic carbocycles. The molecule has 0 atom stereocenters. The minimum Gasteiger partial charge on any atom is -0.312 e. The maximum atomic E-state index is 5.36. The van der Waals surface area contributed by atoms with Crippen LogP contribution in [0.5, 0.6) is 0 Å². The Morgan fingerprint density at radius 1 is 1.58 bits per heavy atom. The van der Waals surface area contributed by atoms with Gasteiger partial charge in [0.25, 0.3) is 0 Å². The molecule has 1 heterocycles. The van der Waals surface area contributed by atoms with Gasteiger partial charge in [-0.3, -0.25) is 0 Å². The highest BCUT2D eigenvalue weighted by atomic mass is 31.2. The van der Waals surface area contributed by atoms with Crippen molar-refractivity contribution in [2.75, 3.05) is 19.8 Å². The summed E-state index contributed by atoms with van der Waals surface area (Å²) in [4.78, 5) is 0. The molecular weight excluding hydrogens is 175 g/mol. The van der Waals surface area contributed by atoms with Gasteiger partial charge in [-0.05, 0) is 6.42 Å². The minimum atomic E-state index is -1.08. The van der Waals surface area contributed by atoms with Crippen LogP contribution in [0, 0.1) is 5.92 Å². The molecule has 3 nitrogen and oxygen atoms in total. The Morgan fingerprint density at radius 3 is 2.75 bits per heavy atom. The van der Waals surface area contributed by atoms with E-state index in [2.05, 4.69) is 13.5 Å². The van der Waals surface area contributed by atoms with Gasteiger partial charge in [-0.15, -0.1) is 6.58 Å². The van der Waals surface area contributed by atoms with Crippen molar-refractivity contribution in [2.24, 2.45) is 5.92 Å². The van der Waals surface area contributed by atoms with Crippen molar-refractivity contribution in [1.29, 1.82) is 0 Å². The topological polar surface area (TPSA) is 27.7 Å². The highest BCUT2D eigenvalue weighted by Gasteiger charge is 2.22. The van der Waals surface area contributed by atoms with Gasteiger partial charge in [0.05, 0.1) is 19.8 Å². The lowest BCUT2D eigenvalue weighted by atomic mass is 10.1. The van der Waals surface area contributed by atoms with Crippen molar-refractivity contribution >= 4 is 8.60 Å². The van der Waals surface area contributed by atoms with Crippen LogP contribution < -0.4 is 0 Å². The summed E-state index contributed by atoms with van der Waals surface area (Å²) in [5, 5.41) is 0. The summed E-state index contributed by atoms with van der Waals surface area (Å²) in [6.07, 6.45) is 2.80. The lowest BCUT2D eigenvalue weighted by Gasteiger charge is -2.26. The molecule has 1 aliphatic rings. The van der Waals surface area contributed by atoms with Crippen LogP contribution in [0.15, 0.2) is 12.7 Å². The fraction of sp³-hybridized carbons (Fsp3) is 0.750. The molecule has 4 heteroatoms. The number of hydrogen-bond donors (Lipinski definition) is 0. The van der Waals surface area contributed by atoms with Gasteiger partial charge in [0.1, 0.15) is 0 Å². The predicted molar refractivity (Wildman–Crippen MR) is 48.8 cm³/mol. The maximum absolute atomic E-state index is 5.36. The van der Waals surface area contributed by atoms with Gasteiger partial charge < -0.3 is 13.6 Å². The fourth-order valence-corrected chi connectivity index (χ4v) is 1.96. The van der Waals surface area contributed by atoms with Gasteiger partial charge in [-0.1, -0.05) is 13.0 Å². The van der Waals surface area contributed by atoms with E-state index < -0.39 is 8.60 Å². The van der Waals surface area contributed by atoms with Crippen LogP contribution in [0.1, 0.15) is 13.3 Å². The Labute approximate surface area is 74.7 Å². The summed E-state index contributed by atoms with van der Waals surface area (Å²) in [7, 11) is -1.08. The average Bonchev–Trinajstić information content (AvgIpc) is 2.15. The van der Waals surface area contributed by atoms with E-state index >= 15 is 0 Å². The van der Waals surface area contributed by atoms with Gasteiger partial charge in [0.15, 0.2) is 0 Å². The van der Waals surface area contributed by atoms with Crippen LogP contribution in [-0.4, -0.2) is 19.8 Å². The first-order valence-corrected chi connectivity index (χ1v) is 5.26. The summed E-state index contributed by atoms with van der Waals surface area (Å²) < 4.78 is 15.9. The number of hydrogen-bond acceptors (Lipinski definition) is 3. The predicted octanol–water partition coefficient (Wildman–Crippen LogP) is 2.49. The smallest absolute Gasteiger partial charge is 0.312 e. The lowest BCUT2D eigenvalue weighted by molar-refractivity contribution is 0.0752. The molecule has 0 N–H and O–H groups in total. The van der Waals surface area contributed by atoms with Crippen molar-refractivity contribution < 1.29 is 13.6 Å². The van der Waals surface area contributed by atoms with Crippen LogP contribution in [0.25, 0.3) is 0 Å². The van der Waals surface area contributed by atoms with E-state index in [9.17, 15) is 0 Å². The number of rotatable bonds is 4. The third kappa shape index (κ3) is 3.20. The van der Waals surface area contributed by atoms with Gasteiger partial charge >= 0.3 is 8.60 Å². The van der Waals surface area contributed by atoms with E-state index in [0.29, 0.717) is 12.5 Å². The standard InChI is InChI=1S/C8H15O3P/c1-3-5-9-12-10-6-8(4-2)7-11-12/h3,8H,1,4-7H2,2H3. The Hall–Kier alpha value is 0.0500. The molecule has 0 saturated carbocycles. The quantitative estimate of drug-likeness (QED) is 0.503. The zero-order valence-corrected chi connectivity index (χ0v) is 8.26. The Bertz CT molecular complexity index is 132. The molecule has 0 amide bonds. The molecule has 0 unspecified atom stereocenters. The largest absolute Gasteiger partial charge is 0.332 e. The first-order chi connectivity index (χ1) is 5.86. The van der Waals surface area contributed by atoms with E-state index in [0.717, 1.165) is 19.6 Å². The van der Waals surface area contributed by atoms with Gasteiger partial charge in [0, 0.05) is 5.92 Å². The first-order valence-electron chi connectivity index (χ1n) is 4.16. The lowest BCUT2D eigenvalue weighted by Crippen LogP contribution is -2.19. The fourth-order valence-electron chi connectivity index (χ4n) is 0.842. The van der Waals surface area contributed by atoms with Crippen LogP contribution >= 0.6 is 8.60 Å². The van der Waals surface area contributed by atoms with Crippen molar-refractivity contribution in [2.45, 2.75) is 13.3 Å². The Morgan fingerprint density at radius 2 is 2.25 bits per heavy atom. The van der Waals surface area contributed by atoms with Gasteiger partial charge in [-0.25, -0.2) is 0 Å². The van der Waals surface area contributed by atoms with E-state index in [1.54, 1.807) is 6.08 Å². The third-order valence-corrected chi connectivity index (χ3v) is 2.79. The second kappa shape index (κ2) is 5.65. The van der Waals surface area contributed by atoms with Crippen molar-refractivity contribution in [3.05, 3.63) is 12.7 Å². The van der Waals surface area contributed by atoms with E-state index in [4.69, 9.17) is 13.6 Å². The summed E-state index contributed by atoms with van der Waals surface area (Å²) >= 11 is 0. The molecule has 0 aromatic heterocycles. The van der Waals surface area contributed by atoms with Crippen LogP contribution in [0.2, 0.25) is 0 Å². The van der Waals surface area contributed by atoms with Crippen LogP contribution in [0.4, 0.5) is 0 Å². The zero-order chi connectivity index (χ0) is 8.81. The Kier molecular flexibility index (Phi) is 4.77. The molecular formula is C8H15O3P. The second-order valence-electron chi connectivity index (χ2n) is 2.67. The van der Waals surface area contributed by atoms with Gasteiger partial charge in [0.2, 0.25) is 0 Å². The molecule has 0 bridgehead atoms. The van der Waals surface area contributed by atoms with E-state index in [-0.39, 0.29) is 0 Å². The monoisotopic (exact) mass is 190 g/mol. The van der Waals surface area contributed by atoms with Crippen LogP contribution in [0.3, 0.4) is 0 Å². The van der Waals surface area contributed by atoms with Crippen molar-refractivity contribution in [3.63, 3.8) is 0 Å². The normalized spacial score (nSPS) is 30.1. The molecule has 1 fully saturated rings. The third-order valence-electron chi connectivity index (χ3n) is 1.71. The minimum absolute atomic E-state index is 0.502. The summed E-state index contributed by atoms with van der Waals surface area (Å²) in [6.45, 7) is 7.71. The molecule has 70 valence electrons. The highest BCUT2D eigenvalue weighted by molar-refractivity contribution is 7.41. The Balaban J connectivity index is 2.12. The second-order valence-corrected chi connectivity index (χ2v) is 3.90. The van der Waals surface area contributed by atoms with Crippen LogP contribution in [-0.2, 0) is 13.6 Å². The molecule has 1 saturated heterocycles. The van der Waals surface area contributed by atoms with E-state index in [1.807, 2.05) is 0 Å². The SMILES string of the molecule is C=CCOP1OCC(CC)CO1. The molecule has 1 rings (SSSR count). The van der Waals surface area contributed by atoms with E-state index in [1.165, 1.54) is 0 Å².